The summed E-state index contributed by atoms with van der Waals surface area (Å²) in [7, 11) is 0. The first-order valence-electron chi connectivity index (χ1n) is 8.74. The topological polar surface area (TPSA) is 78.9 Å². The first-order valence-corrected chi connectivity index (χ1v) is 8.74. The van der Waals surface area contributed by atoms with Gasteiger partial charge in [-0.15, -0.1) is 0 Å². The number of carbonyl (C=O) groups excluding carboxylic acids is 2. The van der Waals surface area contributed by atoms with E-state index in [4.69, 9.17) is 4.74 Å². The number of fused-ring (bicyclic) bond motifs is 1. The molecule has 0 unspecified atom stereocenters. The van der Waals surface area contributed by atoms with Gasteiger partial charge in [0.25, 0.3) is 0 Å². The van der Waals surface area contributed by atoms with E-state index < -0.39 is 6.10 Å². The molecule has 0 spiro atoms. The van der Waals surface area contributed by atoms with Crippen LogP contribution < -0.4 is 10.1 Å². The molecule has 136 valence electrons. The van der Waals surface area contributed by atoms with Crippen LogP contribution in [0.3, 0.4) is 0 Å². The highest BCUT2D eigenvalue weighted by molar-refractivity contribution is 5.77. The Bertz CT molecular complexity index is 686. The van der Waals surface area contributed by atoms with Crippen LogP contribution in [0.5, 0.6) is 5.75 Å². The summed E-state index contributed by atoms with van der Waals surface area (Å²) in [5, 5.41) is 12.9. The van der Waals surface area contributed by atoms with Gasteiger partial charge in [-0.1, -0.05) is 12.1 Å². The third-order valence-corrected chi connectivity index (χ3v) is 4.92. The number of nitrogens with one attached hydrogen (secondary N) is 1. The summed E-state index contributed by atoms with van der Waals surface area (Å²) in [4.78, 5) is 25.1. The fourth-order valence-corrected chi connectivity index (χ4v) is 3.60. The first-order chi connectivity index (χ1) is 11.7. The van der Waals surface area contributed by atoms with E-state index in [1.807, 2.05) is 12.1 Å². The molecule has 0 saturated carbocycles. The highest BCUT2D eigenvalue weighted by Crippen LogP contribution is 2.35. The van der Waals surface area contributed by atoms with Gasteiger partial charge in [-0.3, -0.25) is 9.59 Å². The van der Waals surface area contributed by atoms with Crippen LogP contribution in [0, 0.1) is 5.92 Å². The average molecular weight is 346 g/mol. The number of benzene rings is 1. The Hall–Kier alpha value is -2.08. The van der Waals surface area contributed by atoms with E-state index in [1.165, 1.54) is 12.5 Å². The van der Waals surface area contributed by atoms with Gasteiger partial charge in [0.15, 0.2) is 0 Å². The lowest BCUT2D eigenvalue weighted by molar-refractivity contribution is -0.128. The van der Waals surface area contributed by atoms with Crippen LogP contribution in [-0.2, 0) is 22.6 Å². The highest BCUT2D eigenvalue weighted by Gasteiger charge is 2.34. The number of carbonyl (C=O) groups is 2. The van der Waals surface area contributed by atoms with Crippen molar-refractivity contribution in [2.45, 2.75) is 51.9 Å². The molecule has 0 aromatic heterocycles. The van der Waals surface area contributed by atoms with Crippen molar-refractivity contribution >= 4 is 11.8 Å². The van der Waals surface area contributed by atoms with Crippen LogP contribution in [0.4, 0.5) is 0 Å². The maximum atomic E-state index is 12.2. The molecule has 6 nitrogen and oxygen atoms in total. The molecule has 2 amide bonds. The van der Waals surface area contributed by atoms with Crippen molar-refractivity contribution in [3.8, 4) is 5.75 Å². The lowest BCUT2D eigenvalue weighted by atomic mass is 10.00. The van der Waals surface area contributed by atoms with Crippen LogP contribution >= 0.6 is 0 Å². The Morgan fingerprint density at radius 1 is 1.36 bits per heavy atom. The molecular weight excluding hydrogens is 320 g/mol. The number of hydrogen-bond acceptors (Lipinski definition) is 4. The Balaban J connectivity index is 1.51. The van der Waals surface area contributed by atoms with Crippen molar-refractivity contribution in [2.24, 2.45) is 5.92 Å². The molecule has 3 rings (SSSR count). The molecule has 2 heterocycles. The maximum absolute atomic E-state index is 12.2. The van der Waals surface area contributed by atoms with E-state index in [1.54, 1.807) is 4.90 Å². The molecule has 0 aliphatic carbocycles. The van der Waals surface area contributed by atoms with Crippen LogP contribution in [0.25, 0.3) is 0 Å². The fourth-order valence-electron chi connectivity index (χ4n) is 3.60. The number of β-amino-alcohol motifs (C(OH)–C–C–N with tert-alkyl or cyclic N) is 1. The van der Waals surface area contributed by atoms with Crippen molar-refractivity contribution in [1.82, 2.24) is 10.2 Å². The van der Waals surface area contributed by atoms with Gasteiger partial charge in [-0.05, 0) is 31.0 Å². The second-order valence-electron chi connectivity index (χ2n) is 7.71. The van der Waals surface area contributed by atoms with Gasteiger partial charge in [0.2, 0.25) is 11.8 Å². The third-order valence-electron chi connectivity index (χ3n) is 4.92. The van der Waals surface area contributed by atoms with E-state index >= 15 is 0 Å². The normalized spacial score (nSPS) is 23.9. The van der Waals surface area contributed by atoms with Crippen molar-refractivity contribution in [3.63, 3.8) is 0 Å². The molecule has 1 saturated heterocycles. The van der Waals surface area contributed by atoms with Crippen molar-refractivity contribution < 1.29 is 19.4 Å². The summed E-state index contributed by atoms with van der Waals surface area (Å²) in [5.41, 5.74) is 2.02. The summed E-state index contributed by atoms with van der Waals surface area (Å²) in [6.07, 6.45) is 0.458. The van der Waals surface area contributed by atoms with Gasteiger partial charge in [-0.25, -0.2) is 0 Å². The maximum Gasteiger partial charge on any atom is 0.220 e. The summed E-state index contributed by atoms with van der Waals surface area (Å²) < 4.78 is 5.86. The zero-order valence-electron chi connectivity index (χ0n) is 15.0. The largest absolute Gasteiger partial charge is 0.487 e. The van der Waals surface area contributed by atoms with Gasteiger partial charge in [0.1, 0.15) is 11.4 Å². The number of amides is 2. The van der Waals surface area contributed by atoms with Gasteiger partial charge in [0, 0.05) is 45.3 Å². The minimum atomic E-state index is -0.631. The summed E-state index contributed by atoms with van der Waals surface area (Å²) in [6.45, 7) is 6.81. The highest BCUT2D eigenvalue weighted by atomic mass is 16.5. The Labute approximate surface area is 148 Å². The van der Waals surface area contributed by atoms with Crippen molar-refractivity contribution in [1.29, 1.82) is 0 Å². The predicted octanol–water partition coefficient (Wildman–Crippen LogP) is 1.25. The minimum Gasteiger partial charge on any atom is -0.487 e. The number of ether oxygens (including phenoxy) is 1. The van der Waals surface area contributed by atoms with E-state index in [0.717, 1.165) is 17.7 Å². The average Bonchev–Trinajstić information content (AvgIpc) is 3.03. The zero-order valence-corrected chi connectivity index (χ0v) is 15.0. The van der Waals surface area contributed by atoms with E-state index in [-0.39, 0.29) is 29.8 Å². The third kappa shape index (κ3) is 4.12. The lowest BCUT2D eigenvalue weighted by Gasteiger charge is -2.16. The Morgan fingerprint density at radius 3 is 2.80 bits per heavy atom. The monoisotopic (exact) mass is 346 g/mol. The standard InChI is InChI=1S/C19H26N2O4/c1-12(22)21-10-15(16(23)11-21)7-18(24)20-9-13-4-5-17-14(6-13)8-19(2,3)25-17/h4-6,15-16,23H,7-11H2,1-3H3,(H,20,24)/t15-,16-/m0/s1. The molecule has 25 heavy (non-hydrogen) atoms. The summed E-state index contributed by atoms with van der Waals surface area (Å²) >= 11 is 0. The second kappa shape index (κ2) is 6.67. The Kier molecular flexibility index (Phi) is 4.73. The first kappa shape index (κ1) is 17.7. The smallest absolute Gasteiger partial charge is 0.220 e. The van der Waals surface area contributed by atoms with Gasteiger partial charge in [0.05, 0.1) is 6.10 Å². The van der Waals surface area contributed by atoms with Crippen LogP contribution in [0.2, 0.25) is 0 Å². The number of nitrogens with zero attached hydrogens (tertiary/aromatic N) is 1. The summed E-state index contributed by atoms with van der Waals surface area (Å²) in [6, 6.07) is 5.99. The predicted molar refractivity (Wildman–Crippen MR) is 93.1 cm³/mol. The molecule has 1 aromatic carbocycles. The number of rotatable bonds is 4. The minimum absolute atomic E-state index is 0.0646. The van der Waals surface area contributed by atoms with Crippen LogP contribution in [0.15, 0.2) is 18.2 Å². The van der Waals surface area contributed by atoms with Gasteiger partial charge >= 0.3 is 0 Å². The van der Waals surface area contributed by atoms with E-state index in [9.17, 15) is 14.7 Å². The molecule has 0 radical (unpaired) electrons. The molecule has 2 aliphatic heterocycles. The van der Waals surface area contributed by atoms with Crippen LogP contribution in [-0.4, -0.2) is 46.6 Å². The molecule has 2 N–H and O–H groups in total. The van der Waals surface area contributed by atoms with E-state index in [0.29, 0.717) is 19.6 Å². The lowest BCUT2D eigenvalue weighted by Crippen LogP contribution is -2.29. The number of aliphatic hydroxyl groups is 1. The number of aliphatic hydroxyl groups excluding tert-OH is 1. The molecule has 1 aromatic rings. The molecule has 2 atom stereocenters. The fraction of sp³-hybridized carbons (Fsp3) is 0.579. The second-order valence-corrected chi connectivity index (χ2v) is 7.71. The van der Waals surface area contributed by atoms with Gasteiger partial charge in [-0.2, -0.15) is 0 Å². The van der Waals surface area contributed by atoms with Crippen molar-refractivity contribution in [2.75, 3.05) is 13.1 Å². The Morgan fingerprint density at radius 2 is 2.12 bits per heavy atom. The molecular formula is C19H26N2O4. The van der Waals surface area contributed by atoms with E-state index in [2.05, 4.69) is 25.2 Å². The zero-order chi connectivity index (χ0) is 18.2. The molecule has 0 bridgehead atoms. The van der Waals surface area contributed by atoms with Gasteiger partial charge < -0.3 is 20.1 Å². The molecule has 6 heteroatoms. The number of likely N-dealkylation sites (tertiary alicyclic amines) is 1. The SMILES string of the molecule is CC(=O)N1C[C@H](CC(=O)NCc2ccc3c(c2)CC(C)(C)O3)[C@@H](O)C1. The molecule has 1 fully saturated rings. The van der Waals surface area contributed by atoms with Crippen LogP contribution in [0.1, 0.15) is 38.3 Å². The quantitative estimate of drug-likeness (QED) is 0.860. The molecule has 2 aliphatic rings. The number of hydrogen-bond donors (Lipinski definition) is 2. The van der Waals surface area contributed by atoms with Crippen molar-refractivity contribution in [3.05, 3.63) is 29.3 Å². The summed E-state index contributed by atoms with van der Waals surface area (Å²) in [5.74, 6) is 0.549.